The van der Waals surface area contributed by atoms with Crippen LogP contribution in [-0.2, 0) is 20.8 Å². The second-order valence-corrected chi connectivity index (χ2v) is 8.33. The van der Waals surface area contributed by atoms with Crippen molar-refractivity contribution in [3.8, 4) is 0 Å². The second-order valence-electron chi connectivity index (χ2n) is 7.33. The predicted octanol–water partition coefficient (Wildman–Crippen LogP) is 3.33. The fraction of sp³-hybridized carbons (Fsp3) is 0.364. The average molecular weight is 444 g/mol. The van der Waals surface area contributed by atoms with E-state index in [1.54, 1.807) is 6.92 Å². The molecule has 0 saturated carbocycles. The van der Waals surface area contributed by atoms with E-state index in [0.29, 0.717) is 20.7 Å². The van der Waals surface area contributed by atoms with Crippen LogP contribution in [-0.4, -0.2) is 41.8 Å². The maximum atomic E-state index is 13.0. The van der Waals surface area contributed by atoms with Crippen LogP contribution in [0.3, 0.4) is 0 Å². The van der Waals surface area contributed by atoms with Gasteiger partial charge in [0, 0.05) is 12.8 Å². The Labute approximate surface area is 183 Å². The average Bonchev–Trinajstić information content (AvgIpc) is 3.07. The monoisotopic (exact) mass is 443 g/mol. The van der Waals surface area contributed by atoms with Gasteiger partial charge in [0.05, 0.1) is 18.3 Å². The van der Waals surface area contributed by atoms with Crippen LogP contribution in [0.4, 0.5) is 5.69 Å². The van der Waals surface area contributed by atoms with E-state index in [1.165, 1.54) is 18.0 Å². The van der Waals surface area contributed by atoms with Gasteiger partial charge in [-0.15, -0.1) is 11.3 Å². The lowest BCUT2D eigenvalue weighted by atomic mass is 10.0. The fourth-order valence-electron chi connectivity index (χ4n) is 3.21. The summed E-state index contributed by atoms with van der Waals surface area (Å²) >= 11 is 1.10. The summed E-state index contributed by atoms with van der Waals surface area (Å²) in [6.45, 7) is 6.00. The van der Waals surface area contributed by atoms with Gasteiger partial charge in [0.15, 0.2) is 0 Å². The largest absolute Gasteiger partial charge is 0.459 e. The van der Waals surface area contributed by atoms with Crippen molar-refractivity contribution in [1.82, 2.24) is 9.55 Å². The molecule has 3 aromatic rings. The Hall–Kier alpha value is -3.04. The third kappa shape index (κ3) is 5.00. The number of thiophene rings is 1. The molecule has 2 heterocycles. The molecule has 9 heteroatoms. The van der Waals surface area contributed by atoms with E-state index < -0.39 is 5.97 Å². The lowest BCUT2D eigenvalue weighted by Crippen LogP contribution is -2.28. The van der Waals surface area contributed by atoms with Crippen LogP contribution in [0.2, 0.25) is 0 Å². The first kappa shape index (κ1) is 22.6. The molecule has 164 valence electrons. The highest BCUT2D eigenvalue weighted by Gasteiger charge is 2.21. The molecule has 0 aliphatic heterocycles. The number of nitrogens with one attached hydrogen (secondary N) is 1. The highest BCUT2D eigenvalue weighted by Crippen LogP contribution is 2.27. The van der Waals surface area contributed by atoms with Gasteiger partial charge >= 0.3 is 5.97 Å². The molecule has 0 saturated heterocycles. The Balaban J connectivity index is 1.83. The van der Waals surface area contributed by atoms with E-state index in [1.807, 2.05) is 38.1 Å². The summed E-state index contributed by atoms with van der Waals surface area (Å²) in [5.74, 6) is -0.609. The lowest BCUT2D eigenvalue weighted by Gasteiger charge is -2.14. The summed E-state index contributed by atoms with van der Waals surface area (Å²) in [4.78, 5) is 42.9. The number of fused-ring (bicyclic) bond motifs is 1. The number of ether oxygens (including phenoxy) is 2. The number of carbonyl (C=O) groups excluding carboxylic acids is 2. The Morgan fingerprint density at radius 3 is 2.68 bits per heavy atom. The van der Waals surface area contributed by atoms with Crippen LogP contribution in [0.15, 0.2) is 35.4 Å². The van der Waals surface area contributed by atoms with Gasteiger partial charge in [-0.2, -0.15) is 0 Å². The quantitative estimate of drug-likeness (QED) is 0.423. The molecule has 0 aliphatic carbocycles. The molecular formula is C22H25N3O5S. The summed E-state index contributed by atoms with van der Waals surface area (Å²) in [5.41, 5.74) is 1.86. The molecular weight excluding hydrogens is 418 g/mol. The molecule has 8 nitrogen and oxygen atoms in total. The number of nitrogens with zero attached hydrogens (tertiary/aromatic N) is 2. The third-order valence-electron chi connectivity index (χ3n) is 4.79. The zero-order chi connectivity index (χ0) is 22.5. The van der Waals surface area contributed by atoms with E-state index >= 15 is 0 Å². The number of esters is 1. The van der Waals surface area contributed by atoms with Gasteiger partial charge in [0.25, 0.3) is 5.56 Å². The summed E-state index contributed by atoms with van der Waals surface area (Å²) in [6, 6.07) is 7.57. The molecule has 0 spiro atoms. The minimum absolute atomic E-state index is 0.124. The van der Waals surface area contributed by atoms with Crippen molar-refractivity contribution in [3.63, 3.8) is 0 Å². The van der Waals surface area contributed by atoms with Crippen molar-refractivity contribution in [2.24, 2.45) is 0 Å². The molecule has 1 aromatic carbocycles. The molecule has 0 radical (unpaired) electrons. The van der Waals surface area contributed by atoms with Crippen LogP contribution in [0.5, 0.6) is 0 Å². The minimum Gasteiger partial charge on any atom is -0.459 e. The van der Waals surface area contributed by atoms with E-state index in [-0.39, 0.29) is 37.1 Å². The number of aryl methyl sites for hydroxylation is 1. The molecule has 0 atom stereocenters. The van der Waals surface area contributed by atoms with Gasteiger partial charge < -0.3 is 14.8 Å². The fourth-order valence-corrected chi connectivity index (χ4v) is 4.24. The number of benzene rings is 1. The first-order valence-electron chi connectivity index (χ1n) is 9.86. The summed E-state index contributed by atoms with van der Waals surface area (Å²) in [6.07, 6.45) is 1.33. The Morgan fingerprint density at radius 1 is 1.23 bits per heavy atom. The van der Waals surface area contributed by atoms with Crippen molar-refractivity contribution < 1.29 is 19.1 Å². The first-order chi connectivity index (χ1) is 14.8. The molecule has 2 aromatic heterocycles. The predicted molar refractivity (Wildman–Crippen MR) is 120 cm³/mol. The number of methoxy groups -OCH3 is 1. The molecule has 1 N–H and O–H groups in total. The molecule has 0 fully saturated rings. The number of para-hydroxylation sites is 1. The van der Waals surface area contributed by atoms with Gasteiger partial charge in [0.1, 0.15) is 22.9 Å². The topological polar surface area (TPSA) is 99.5 Å². The Kier molecular flexibility index (Phi) is 7.19. The zero-order valence-corrected chi connectivity index (χ0v) is 18.7. The van der Waals surface area contributed by atoms with Gasteiger partial charge in [-0.3, -0.25) is 14.2 Å². The number of amides is 1. The molecule has 31 heavy (non-hydrogen) atoms. The normalized spacial score (nSPS) is 11.1. The molecule has 0 aliphatic rings. The Morgan fingerprint density at radius 2 is 1.97 bits per heavy atom. The molecule has 0 unspecified atom stereocenters. The van der Waals surface area contributed by atoms with Gasteiger partial charge in [0.2, 0.25) is 5.91 Å². The molecule has 3 rings (SSSR count). The maximum Gasteiger partial charge on any atom is 0.348 e. The summed E-state index contributed by atoms with van der Waals surface area (Å²) in [7, 11) is 1.52. The summed E-state index contributed by atoms with van der Waals surface area (Å²) in [5, 5.41) is 3.19. The van der Waals surface area contributed by atoms with Crippen LogP contribution in [0.25, 0.3) is 10.2 Å². The van der Waals surface area contributed by atoms with Crippen molar-refractivity contribution in [2.45, 2.75) is 33.2 Å². The summed E-state index contributed by atoms with van der Waals surface area (Å²) < 4.78 is 11.3. The van der Waals surface area contributed by atoms with Gasteiger partial charge in [-0.1, -0.05) is 32.0 Å². The van der Waals surface area contributed by atoms with E-state index in [4.69, 9.17) is 9.47 Å². The highest BCUT2D eigenvalue weighted by atomic mass is 32.1. The van der Waals surface area contributed by atoms with Crippen molar-refractivity contribution in [3.05, 3.63) is 57.0 Å². The number of rotatable bonds is 8. The second kappa shape index (κ2) is 9.84. The molecule has 1 amide bonds. The van der Waals surface area contributed by atoms with E-state index in [2.05, 4.69) is 10.3 Å². The SMILES string of the molecule is COCCOC(=O)c1sc2ncn(CC(=O)Nc3ccccc3C(C)C)c(=O)c2c1C. The van der Waals surface area contributed by atoms with Crippen molar-refractivity contribution in [2.75, 3.05) is 25.6 Å². The number of aromatic nitrogens is 2. The Bertz CT molecular complexity index is 1170. The van der Waals surface area contributed by atoms with Gasteiger partial charge in [-0.05, 0) is 30.0 Å². The zero-order valence-electron chi connectivity index (χ0n) is 17.9. The van der Waals surface area contributed by atoms with Crippen LogP contribution < -0.4 is 10.9 Å². The smallest absolute Gasteiger partial charge is 0.348 e. The maximum absolute atomic E-state index is 13.0. The van der Waals surface area contributed by atoms with Crippen LogP contribution in [0, 0.1) is 6.92 Å². The number of hydrogen-bond donors (Lipinski definition) is 1. The number of carbonyl (C=O) groups is 2. The van der Waals surface area contributed by atoms with E-state index in [9.17, 15) is 14.4 Å². The van der Waals surface area contributed by atoms with Crippen LogP contribution in [0.1, 0.15) is 40.6 Å². The van der Waals surface area contributed by atoms with E-state index in [0.717, 1.165) is 22.6 Å². The third-order valence-corrected chi connectivity index (χ3v) is 5.97. The van der Waals surface area contributed by atoms with Crippen LogP contribution >= 0.6 is 11.3 Å². The standard InChI is InChI=1S/C22H25N3O5S/c1-13(2)15-7-5-6-8-16(15)24-17(26)11-25-12-23-20-18(21(25)27)14(3)19(31-20)22(28)30-10-9-29-4/h5-8,12-13H,9-11H2,1-4H3,(H,24,26). The highest BCUT2D eigenvalue weighted by molar-refractivity contribution is 7.20. The minimum atomic E-state index is -0.522. The molecule has 0 bridgehead atoms. The number of hydrogen-bond acceptors (Lipinski definition) is 7. The first-order valence-corrected chi connectivity index (χ1v) is 10.7. The lowest BCUT2D eigenvalue weighted by molar-refractivity contribution is -0.116. The van der Waals surface area contributed by atoms with Gasteiger partial charge in [-0.25, -0.2) is 9.78 Å². The van der Waals surface area contributed by atoms with Crippen molar-refractivity contribution >= 4 is 39.1 Å². The number of anilines is 1. The van der Waals surface area contributed by atoms with Crippen molar-refractivity contribution in [1.29, 1.82) is 0 Å².